The molecule has 0 saturated carbocycles. The number of aromatic amines is 1. The molecule has 0 saturated heterocycles. The number of rotatable bonds is 3. The molecule has 0 aliphatic heterocycles. The van der Waals surface area contributed by atoms with Gasteiger partial charge in [0, 0.05) is 43.8 Å². The van der Waals surface area contributed by atoms with Crippen LogP contribution in [0.3, 0.4) is 0 Å². The number of aromatic nitrogens is 2. The maximum absolute atomic E-state index is 4.94. The Kier molecular flexibility index (Phi) is 16.1. The molecule has 4 heteroatoms. The van der Waals surface area contributed by atoms with Crippen LogP contribution in [0.1, 0.15) is 38.8 Å². The molecule has 167 valence electrons. The van der Waals surface area contributed by atoms with Crippen LogP contribution >= 0.6 is 9.24 Å². The predicted molar refractivity (Wildman–Crippen MR) is 142 cm³/mol. The van der Waals surface area contributed by atoms with Gasteiger partial charge in [0.1, 0.15) is 0 Å². The van der Waals surface area contributed by atoms with E-state index in [0.29, 0.717) is 0 Å². The molecule has 1 atom stereocenters. The molecule has 0 fully saturated rings. The van der Waals surface area contributed by atoms with Gasteiger partial charge in [-0.2, -0.15) is 29.3 Å². The summed E-state index contributed by atoms with van der Waals surface area (Å²) < 4.78 is 0. The standard InChI is InChI=1S/C23H19N2.2C2H6.CH5P.Y/c1-16-13-14-20(17(2)15-16)23-24-21(18-9-5-3-6-10-18)22(25-23)19-11-7-4-8-12-19;3*1-2;/h3-14H,1-2H3,(H,24,25);2*1-2H3;2H2,1H3;/q-1;;;;. The molecule has 1 unspecified atom stereocenters. The summed E-state index contributed by atoms with van der Waals surface area (Å²) >= 11 is 0. The van der Waals surface area contributed by atoms with Crippen molar-refractivity contribution in [3.63, 3.8) is 0 Å². The van der Waals surface area contributed by atoms with Crippen LogP contribution < -0.4 is 0 Å². The van der Waals surface area contributed by atoms with Crippen molar-refractivity contribution in [2.45, 2.75) is 41.5 Å². The molecule has 1 radical (unpaired) electrons. The van der Waals surface area contributed by atoms with Crippen LogP contribution in [0.15, 0.2) is 72.8 Å². The molecule has 2 nitrogen and oxygen atoms in total. The monoisotopic (exact) mass is 520 g/mol. The van der Waals surface area contributed by atoms with Crippen molar-refractivity contribution >= 4 is 9.24 Å². The van der Waals surface area contributed by atoms with Crippen LogP contribution in [0.25, 0.3) is 33.9 Å². The van der Waals surface area contributed by atoms with E-state index in [0.717, 1.165) is 45.0 Å². The quantitative estimate of drug-likeness (QED) is 0.213. The van der Waals surface area contributed by atoms with Crippen LogP contribution in [0.4, 0.5) is 0 Å². The summed E-state index contributed by atoms with van der Waals surface area (Å²) in [4.78, 5) is 8.48. The molecular formula is C28H36N2PY-. The van der Waals surface area contributed by atoms with Gasteiger partial charge in [0.05, 0.1) is 17.2 Å². The van der Waals surface area contributed by atoms with Gasteiger partial charge in [-0.25, -0.2) is 4.98 Å². The fourth-order valence-corrected chi connectivity index (χ4v) is 3.11. The minimum absolute atomic E-state index is 0. The second-order valence-corrected chi connectivity index (χ2v) is 6.22. The third-order valence-electron chi connectivity index (χ3n) is 4.36. The Morgan fingerprint density at radius 1 is 0.719 bits per heavy atom. The van der Waals surface area contributed by atoms with Gasteiger partial charge < -0.3 is 4.98 Å². The number of H-pyrrole nitrogens is 1. The summed E-state index contributed by atoms with van der Waals surface area (Å²) in [5.74, 6) is 0.881. The Morgan fingerprint density at radius 3 is 1.72 bits per heavy atom. The zero-order valence-electron chi connectivity index (χ0n) is 20.5. The second kappa shape index (κ2) is 17.0. The molecule has 4 rings (SSSR count). The molecule has 1 heterocycles. The van der Waals surface area contributed by atoms with E-state index in [2.05, 4.69) is 82.7 Å². The Hall–Kier alpha value is -1.60. The van der Waals surface area contributed by atoms with Crippen molar-refractivity contribution in [2.75, 3.05) is 6.66 Å². The number of nitrogens with zero attached hydrogens (tertiary/aromatic N) is 1. The smallest absolute Gasteiger partial charge is 0.0955 e. The molecule has 0 bridgehead atoms. The molecule has 1 N–H and O–H groups in total. The summed E-state index contributed by atoms with van der Waals surface area (Å²) in [6.45, 7) is 14.1. The van der Waals surface area contributed by atoms with E-state index in [-0.39, 0.29) is 32.7 Å². The zero-order valence-corrected chi connectivity index (χ0v) is 24.5. The topological polar surface area (TPSA) is 28.7 Å². The Balaban J connectivity index is 0.00000127. The zero-order chi connectivity index (χ0) is 23.2. The fourth-order valence-electron chi connectivity index (χ4n) is 3.11. The largest absolute Gasteiger partial charge is 0.348 e. The minimum atomic E-state index is 0. The number of benzene rings is 3. The predicted octanol–water partition coefficient (Wildman–Crippen LogP) is 8.37. The Bertz CT molecular complexity index is 955. The first kappa shape index (κ1) is 30.4. The first-order chi connectivity index (χ1) is 15.2. The number of aryl methyl sites for hydroxylation is 2. The van der Waals surface area contributed by atoms with Gasteiger partial charge in [-0.1, -0.05) is 114 Å². The summed E-state index contributed by atoms with van der Waals surface area (Å²) in [7, 11) is 2.42. The molecule has 0 aliphatic carbocycles. The van der Waals surface area contributed by atoms with E-state index in [9.17, 15) is 0 Å². The molecular weight excluding hydrogens is 484 g/mol. The van der Waals surface area contributed by atoms with Gasteiger partial charge in [0.25, 0.3) is 0 Å². The van der Waals surface area contributed by atoms with Gasteiger partial charge in [-0.05, 0) is 0 Å². The van der Waals surface area contributed by atoms with E-state index < -0.39 is 0 Å². The summed E-state index contributed by atoms with van der Waals surface area (Å²) in [5, 5.41) is 0. The van der Waals surface area contributed by atoms with E-state index in [1.165, 1.54) is 0 Å². The van der Waals surface area contributed by atoms with Crippen molar-refractivity contribution < 1.29 is 32.7 Å². The number of hydrogen-bond donors (Lipinski definition) is 1. The molecule has 0 aliphatic rings. The van der Waals surface area contributed by atoms with Crippen LogP contribution in [-0.4, -0.2) is 16.6 Å². The molecule has 32 heavy (non-hydrogen) atoms. The Labute approximate surface area is 222 Å². The average molecular weight is 520 g/mol. The molecule has 1 aromatic heterocycles. The van der Waals surface area contributed by atoms with Gasteiger partial charge in [0.2, 0.25) is 0 Å². The fraction of sp³-hybridized carbons (Fsp3) is 0.250. The molecule has 4 aromatic rings. The normalized spacial score (nSPS) is 9.00. The maximum atomic E-state index is 4.94. The third kappa shape index (κ3) is 8.07. The summed E-state index contributed by atoms with van der Waals surface area (Å²) in [6, 6.07) is 28.2. The second-order valence-electron chi connectivity index (χ2n) is 6.22. The van der Waals surface area contributed by atoms with Crippen molar-refractivity contribution in [2.24, 2.45) is 0 Å². The molecule has 0 amide bonds. The van der Waals surface area contributed by atoms with Gasteiger partial charge >= 0.3 is 0 Å². The van der Waals surface area contributed by atoms with Gasteiger partial charge in [0.15, 0.2) is 0 Å². The Morgan fingerprint density at radius 2 is 1.22 bits per heavy atom. The van der Waals surface area contributed by atoms with Crippen LogP contribution in [0.5, 0.6) is 0 Å². The third-order valence-corrected chi connectivity index (χ3v) is 4.36. The van der Waals surface area contributed by atoms with Crippen molar-refractivity contribution in [3.05, 3.63) is 90.0 Å². The van der Waals surface area contributed by atoms with Crippen LogP contribution in [0.2, 0.25) is 0 Å². The summed E-state index contributed by atoms with van der Waals surface area (Å²) in [6.07, 6.45) is 0. The first-order valence-corrected chi connectivity index (χ1v) is 12.2. The van der Waals surface area contributed by atoms with E-state index in [4.69, 9.17) is 4.98 Å². The maximum Gasteiger partial charge on any atom is 0.0955 e. The number of imidazole rings is 1. The SMILES string of the molecule is CC.CC.CP.Cc1[c-]c(C)c(-c2nc(-c3ccccc3)c(-c3ccccc3)[nH]2)cc1.[Y]. The number of nitrogens with one attached hydrogen (secondary N) is 1. The van der Waals surface area contributed by atoms with E-state index in [1.807, 2.05) is 58.6 Å². The summed E-state index contributed by atoms with van der Waals surface area (Å²) in [5.41, 5.74) is 7.59. The minimum Gasteiger partial charge on any atom is -0.348 e. The average Bonchev–Trinajstić information content (AvgIpc) is 3.29. The van der Waals surface area contributed by atoms with Crippen LogP contribution in [0, 0.1) is 19.9 Å². The van der Waals surface area contributed by atoms with Crippen molar-refractivity contribution in [3.8, 4) is 33.9 Å². The van der Waals surface area contributed by atoms with E-state index in [1.54, 1.807) is 0 Å². The van der Waals surface area contributed by atoms with Gasteiger partial charge in [-0.15, -0.1) is 9.24 Å². The van der Waals surface area contributed by atoms with Crippen molar-refractivity contribution in [1.29, 1.82) is 0 Å². The van der Waals surface area contributed by atoms with Crippen molar-refractivity contribution in [1.82, 2.24) is 9.97 Å². The van der Waals surface area contributed by atoms with E-state index >= 15 is 0 Å². The molecule has 0 spiro atoms. The van der Waals surface area contributed by atoms with Crippen LogP contribution in [-0.2, 0) is 32.7 Å². The van der Waals surface area contributed by atoms with Gasteiger partial charge in [-0.3, -0.25) is 0 Å². The first-order valence-electron chi connectivity index (χ1n) is 11.0. The number of hydrogen-bond acceptors (Lipinski definition) is 1. The molecule has 3 aromatic carbocycles.